The highest BCUT2D eigenvalue weighted by molar-refractivity contribution is 7.92. The van der Waals surface area contributed by atoms with Crippen molar-refractivity contribution in [3.8, 4) is 5.75 Å². The second kappa shape index (κ2) is 9.32. The second-order valence-corrected chi connectivity index (χ2v) is 9.00. The topological polar surface area (TPSA) is 92.7 Å². The lowest BCUT2D eigenvalue weighted by atomic mass is 10.1. The third-order valence-corrected chi connectivity index (χ3v) is 5.64. The first kappa shape index (κ1) is 24.1. The fourth-order valence-electron chi connectivity index (χ4n) is 2.43. The Bertz CT molecular complexity index is 1040. The number of sulfonamides is 1. The highest BCUT2D eigenvalue weighted by atomic mass is 35.5. The van der Waals surface area contributed by atoms with Crippen molar-refractivity contribution in [3.63, 3.8) is 0 Å². The zero-order valence-electron chi connectivity index (χ0n) is 15.4. The van der Waals surface area contributed by atoms with Gasteiger partial charge in [-0.15, -0.1) is 0 Å². The number of benzene rings is 2. The summed E-state index contributed by atoms with van der Waals surface area (Å²) in [5.74, 6) is -1.45. The van der Waals surface area contributed by atoms with Gasteiger partial charge in [0.15, 0.2) is 5.75 Å². The van der Waals surface area contributed by atoms with Crippen LogP contribution in [0.25, 0.3) is 0 Å². The number of anilines is 1. The van der Waals surface area contributed by atoms with Crippen LogP contribution in [0.1, 0.15) is 23.6 Å². The van der Waals surface area contributed by atoms with Gasteiger partial charge in [-0.3, -0.25) is 9.52 Å². The zero-order chi connectivity index (χ0) is 22.7. The van der Waals surface area contributed by atoms with E-state index < -0.39 is 34.3 Å². The van der Waals surface area contributed by atoms with E-state index in [0.717, 1.165) is 6.07 Å². The third-order valence-electron chi connectivity index (χ3n) is 3.77. The third kappa shape index (κ3) is 6.68. The van der Waals surface area contributed by atoms with Crippen molar-refractivity contribution >= 4 is 44.9 Å². The number of ether oxygens (including phenoxy) is 1. The Hall–Kier alpha value is -2.17. The van der Waals surface area contributed by atoms with Crippen molar-refractivity contribution in [2.45, 2.75) is 26.1 Å². The normalized spacial score (nSPS) is 11.9. The second-order valence-electron chi connectivity index (χ2n) is 6.17. The van der Waals surface area contributed by atoms with Crippen LogP contribution in [-0.4, -0.2) is 25.2 Å². The molecule has 0 saturated heterocycles. The van der Waals surface area contributed by atoms with E-state index in [9.17, 15) is 26.4 Å². The van der Waals surface area contributed by atoms with Crippen molar-refractivity contribution < 1.29 is 36.2 Å². The van der Waals surface area contributed by atoms with Gasteiger partial charge in [0.25, 0.3) is 0 Å². The lowest BCUT2D eigenvalue weighted by molar-refractivity contribution is -0.138. The van der Waals surface area contributed by atoms with E-state index in [0.29, 0.717) is 11.6 Å². The van der Waals surface area contributed by atoms with E-state index in [1.165, 1.54) is 25.1 Å². The Kier molecular flexibility index (Phi) is 7.49. The van der Waals surface area contributed by atoms with Crippen LogP contribution in [0.5, 0.6) is 5.75 Å². The van der Waals surface area contributed by atoms with Crippen molar-refractivity contribution in [1.82, 2.24) is 0 Å². The van der Waals surface area contributed by atoms with Crippen LogP contribution < -0.4 is 9.46 Å². The number of carboxylic acid groups (broad SMARTS) is 1. The molecule has 0 aliphatic carbocycles. The van der Waals surface area contributed by atoms with Gasteiger partial charge in [-0.25, -0.2) is 8.42 Å². The standard InChI is InChI=1S/C18H16Cl2F3NO5S/c1-2-30(27,28)24-13-4-11(3-12(8-13)18(21,22)23)9-29-17-14(19)5-10(6-15(17)20)7-16(25)26/h3-6,8,24H,2,7,9H2,1H3,(H,25,26). The molecule has 12 heteroatoms. The molecule has 0 radical (unpaired) electrons. The van der Waals surface area contributed by atoms with E-state index in [2.05, 4.69) is 4.72 Å². The molecule has 0 heterocycles. The zero-order valence-corrected chi connectivity index (χ0v) is 17.7. The van der Waals surface area contributed by atoms with Gasteiger partial charge in [0.1, 0.15) is 6.61 Å². The fraction of sp³-hybridized carbons (Fsp3) is 0.278. The Morgan fingerprint density at radius 2 is 1.70 bits per heavy atom. The SMILES string of the molecule is CCS(=O)(=O)Nc1cc(COc2c(Cl)cc(CC(=O)O)cc2Cl)cc(C(F)(F)F)c1. The maximum atomic E-state index is 13.2. The fourth-order valence-corrected chi connectivity index (χ4v) is 3.69. The van der Waals surface area contributed by atoms with E-state index >= 15 is 0 Å². The number of aliphatic carboxylic acids is 1. The number of hydrogen-bond acceptors (Lipinski definition) is 4. The van der Waals surface area contributed by atoms with Crippen LogP contribution in [0.2, 0.25) is 10.0 Å². The maximum absolute atomic E-state index is 13.2. The van der Waals surface area contributed by atoms with Gasteiger partial charge in [0.05, 0.1) is 27.8 Å². The van der Waals surface area contributed by atoms with Gasteiger partial charge in [0.2, 0.25) is 10.0 Å². The summed E-state index contributed by atoms with van der Waals surface area (Å²) in [5.41, 5.74) is -0.994. The molecule has 0 unspecified atom stereocenters. The Labute approximate surface area is 180 Å². The Morgan fingerprint density at radius 1 is 1.10 bits per heavy atom. The number of rotatable bonds is 8. The number of halogens is 5. The first-order chi connectivity index (χ1) is 13.8. The summed E-state index contributed by atoms with van der Waals surface area (Å²) in [5, 5.41) is 8.80. The molecule has 0 saturated carbocycles. The molecule has 0 atom stereocenters. The van der Waals surface area contributed by atoms with Gasteiger partial charge >= 0.3 is 12.1 Å². The molecule has 6 nitrogen and oxygen atoms in total. The summed E-state index contributed by atoms with van der Waals surface area (Å²) in [6, 6.07) is 5.33. The Morgan fingerprint density at radius 3 is 2.20 bits per heavy atom. The Balaban J connectivity index is 2.33. The van der Waals surface area contributed by atoms with Crippen molar-refractivity contribution in [2.24, 2.45) is 0 Å². The van der Waals surface area contributed by atoms with Crippen molar-refractivity contribution in [3.05, 3.63) is 57.1 Å². The van der Waals surface area contributed by atoms with Crippen molar-refractivity contribution in [1.29, 1.82) is 0 Å². The van der Waals surface area contributed by atoms with Gasteiger partial charge in [-0.2, -0.15) is 13.2 Å². The molecule has 0 spiro atoms. The predicted octanol–water partition coefficient (Wildman–Crippen LogP) is 4.98. The van der Waals surface area contributed by atoms with E-state index in [4.69, 9.17) is 33.0 Å². The highest BCUT2D eigenvalue weighted by Gasteiger charge is 2.31. The molecular formula is C18H16Cl2F3NO5S. The van der Waals surface area contributed by atoms with Crippen LogP contribution >= 0.6 is 23.2 Å². The molecule has 164 valence electrons. The van der Waals surface area contributed by atoms with Gasteiger partial charge in [-0.1, -0.05) is 23.2 Å². The molecule has 0 bridgehead atoms. The number of nitrogens with one attached hydrogen (secondary N) is 1. The van der Waals surface area contributed by atoms with Gasteiger partial charge in [-0.05, 0) is 48.4 Å². The summed E-state index contributed by atoms with van der Waals surface area (Å²) >= 11 is 12.1. The molecule has 30 heavy (non-hydrogen) atoms. The first-order valence-corrected chi connectivity index (χ1v) is 10.8. The highest BCUT2D eigenvalue weighted by Crippen LogP contribution is 2.36. The predicted molar refractivity (Wildman–Crippen MR) is 107 cm³/mol. The molecule has 0 amide bonds. The van der Waals surface area contributed by atoms with Crippen LogP contribution in [0.4, 0.5) is 18.9 Å². The molecule has 0 aliphatic rings. The summed E-state index contributed by atoms with van der Waals surface area (Å²) in [4.78, 5) is 10.8. The number of hydrogen-bond donors (Lipinski definition) is 2. The molecule has 2 aromatic rings. The lowest BCUT2D eigenvalue weighted by Gasteiger charge is -2.15. The largest absolute Gasteiger partial charge is 0.486 e. The quantitative estimate of drug-likeness (QED) is 0.549. The smallest absolute Gasteiger partial charge is 0.416 e. The number of carboxylic acids is 1. The van der Waals surface area contributed by atoms with Crippen molar-refractivity contribution in [2.75, 3.05) is 10.5 Å². The molecule has 2 N–H and O–H groups in total. The van der Waals surface area contributed by atoms with Gasteiger partial charge in [0, 0.05) is 5.69 Å². The number of alkyl halides is 3. The average molecular weight is 486 g/mol. The summed E-state index contributed by atoms with van der Waals surface area (Å²) in [6.45, 7) is 0.945. The van der Waals surface area contributed by atoms with E-state index in [1.54, 1.807) is 0 Å². The minimum absolute atomic E-state index is 0.0142. The monoisotopic (exact) mass is 485 g/mol. The number of carbonyl (C=O) groups is 1. The van der Waals surface area contributed by atoms with Crippen LogP contribution in [0, 0.1) is 0 Å². The molecule has 0 fully saturated rings. The summed E-state index contributed by atoms with van der Waals surface area (Å²) in [7, 11) is -3.80. The van der Waals surface area contributed by atoms with E-state index in [1.807, 2.05) is 0 Å². The van der Waals surface area contributed by atoms with Crippen LogP contribution in [0.15, 0.2) is 30.3 Å². The average Bonchev–Trinajstić information content (AvgIpc) is 2.59. The minimum Gasteiger partial charge on any atom is -0.486 e. The van der Waals surface area contributed by atoms with Crippen LogP contribution in [0.3, 0.4) is 0 Å². The first-order valence-electron chi connectivity index (χ1n) is 8.35. The maximum Gasteiger partial charge on any atom is 0.416 e. The molecule has 2 rings (SSSR count). The van der Waals surface area contributed by atoms with E-state index in [-0.39, 0.29) is 39.2 Å². The van der Waals surface area contributed by atoms with Gasteiger partial charge < -0.3 is 9.84 Å². The molecular weight excluding hydrogens is 470 g/mol. The minimum atomic E-state index is -4.71. The summed E-state index contributed by atoms with van der Waals surface area (Å²) in [6.07, 6.45) is -5.04. The molecule has 0 aromatic heterocycles. The van der Waals surface area contributed by atoms with Crippen LogP contribution in [-0.2, 0) is 34.0 Å². The molecule has 0 aliphatic heterocycles. The summed E-state index contributed by atoms with van der Waals surface area (Å²) < 4.78 is 70.5. The lowest BCUT2D eigenvalue weighted by Crippen LogP contribution is -2.16. The molecule has 2 aromatic carbocycles.